The fraction of sp³-hybridized carbons (Fsp3) is 0.0882. The van der Waals surface area contributed by atoms with E-state index in [2.05, 4.69) is 6.07 Å². The van der Waals surface area contributed by atoms with E-state index in [0.717, 1.165) is 17.2 Å². The number of nitrogens with two attached hydrogens (primary N) is 1. The standard InChI is InChI=1S/C34H22FN3O5/c1-18-11-12-24-21(13-18)34(33(41)38(24)17-19-7-3-2-4-8-19)22(16-36)32(37)43-28-15-27-29(31(40)30(28)34)25(39)14-26(42-27)20-9-5-6-10-23(20)35/h2-15,40H,17,37H2,1H3. The topological polar surface area (TPSA) is 130 Å². The van der Waals surface area contributed by atoms with E-state index in [1.54, 1.807) is 18.2 Å². The molecule has 3 N–H and O–H groups in total. The summed E-state index contributed by atoms with van der Waals surface area (Å²) in [6.45, 7) is 2.02. The Morgan fingerprint density at radius 2 is 1.77 bits per heavy atom. The maximum atomic E-state index is 14.8. The number of hydrogen-bond acceptors (Lipinski definition) is 7. The van der Waals surface area contributed by atoms with Gasteiger partial charge in [-0.3, -0.25) is 9.59 Å². The molecule has 0 aliphatic carbocycles. The van der Waals surface area contributed by atoms with Gasteiger partial charge in [-0.25, -0.2) is 4.39 Å². The largest absolute Gasteiger partial charge is 0.507 e. The number of phenolic OH excluding ortho intramolecular Hbond substituents is 1. The second kappa shape index (κ2) is 9.33. The van der Waals surface area contributed by atoms with Crippen LogP contribution in [-0.2, 0) is 16.8 Å². The molecule has 2 aliphatic rings. The van der Waals surface area contributed by atoms with Gasteiger partial charge in [-0.05, 0) is 30.7 Å². The van der Waals surface area contributed by atoms with Crippen LogP contribution in [0.15, 0.2) is 106 Å². The van der Waals surface area contributed by atoms with Crippen LogP contribution < -0.4 is 20.8 Å². The lowest BCUT2D eigenvalue weighted by atomic mass is 9.68. The number of aromatic hydroxyl groups is 1. The minimum Gasteiger partial charge on any atom is -0.507 e. The fourth-order valence-electron chi connectivity index (χ4n) is 6.15. The molecule has 0 bridgehead atoms. The third-order valence-corrected chi connectivity index (χ3v) is 8.02. The van der Waals surface area contributed by atoms with Crippen molar-refractivity contribution in [2.75, 3.05) is 4.90 Å². The summed E-state index contributed by atoms with van der Waals surface area (Å²) in [5.41, 5.74) is 5.93. The Hall–Kier alpha value is -5.88. The van der Waals surface area contributed by atoms with Crippen molar-refractivity contribution in [1.29, 1.82) is 5.26 Å². The molecule has 9 heteroatoms. The zero-order valence-corrected chi connectivity index (χ0v) is 22.7. The second-order valence-electron chi connectivity index (χ2n) is 10.5. The third-order valence-electron chi connectivity index (χ3n) is 8.02. The van der Waals surface area contributed by atoms with Gasteiger partial charge >= 0.3 is 0 Å². The van der Waals surface area contributed by atoms with E-state index in [-0.39, 0.29) is 51.6 Å². The van der Waals surface area contributed by atoms with Crippen LogP contribution in [0, 0.1) is 24.1 Å². The van der Waals surface area contributed by atoms with Gasteiger partial charge < -0.3 is 24.9 Å². The molecule has 0 saturated heterocycles. The zero-order valence-electron chi connectivity index (χ0n) is 22.7. The van der Waals surface area contributed by atoms with E-state index in [1.807, 2.05) is 43.3 Å². The summed E-state index contributed by atoms with van der Waals surface area (Å²) in [6.07, 6.45) is 0. The molecule has 0 fully saturated rings. The average Bonchev–Trinajstić information content (AvgIpc) is 3.20. The van der Waals surface area contributed by atoms with Gasteiger partial charge in [0.05, 0.1) is 17.7 Å². The van der Waals surface area contributed by atoms with Crippen LogP contribution in [0.25, 0.3) is 22.3 Å². The maximum Gasteiger partial charge on any atom is 0.248 e. The minimum absolute atomic E-state index is 0.0502. The highest BCUT2D eigenvalue weighted by Gasteiger charge is 2.60. The van der Waals surface area contributed by atoms with E-state index in [1.165, 1.54) is 29.2 Å². The molecule has 8 nitrogen and oxygen atoms in total. The van der Waals surface area contributed by atoms with Gasteiger partial charge in [0.1, 0.15) is 51.1 Å². The number of rotatable bonds is 3. The summed E-state index contributed by atoms with van der Waals surface area (Å²) in [4.78, 5) is 29.8. The molecule has 1 aromatic heterocycles. The second-order valence-corrected chi connectivity index (χ2v) is 10.5. The molecule has 3 heterocycles. The molecule has 43 heavy (non-hydrogen) atoms. The molecule has 5 aromatic rings. The SMILES string of the molecule is Cc1ccc2c(c1)C1(C(=O)N2Cc2ccccc2)C(C#N)=C(N)Oc2cc3oc(-c4ccccc4F)cc(=O)c3c(O)c21. The number of amides is 1. The van der Waals surface area contributed by atoms with Crippen molar-refractivity contribution in [2.24, 2.45) is 5.73 Å². The number of anilines is 1. The minimum atomic E-state index is -1.92. The molecule has 1 atom stereocenters. The van der Waals surface area contributed by atoms with Crippen molar-refractivity contribution in [3.63, 3.8) is 0 Å². The van der Waals surface area contributed by atoms with E-state index < -0.39 is 28.3 Å². The van der Waals surface area contributed by atoms with E-state index in [0.29, 0.717) is 11.3 Å². The lowest BCUT2D eigenvalue weighted by Crippen LogP contribution is -2.45. The van der Waals surface area contributed by atoms with E-state index in [9.17, 15) is 24.3 Å². The molecule has 2 aliphatic heterocycles. The van der Waals surface area contributed by atoms with Crippen LogP contribution in [0.2, 0.25) is 0 Å². The summed E-state index contributed by atoms with van der Waals surface area (Å²) < 4.78 is 26.3. The number of nitriles is 1. The fourth-order valence-corrected chi connectivity index (χ4v) is 6.15. The molecule has 7 rings (SSSR count). The first kappa shape index (κ1) is 26.0. The summed E-state index contributed by atoms with van der Waals surface area (Å²) in [5.74, 6) is -2.20. The van der Waals surface area contributed by atoms with Gasteiger partial charge in [-0.2, -0.15) is 5.26 Å². The van der Waals surface area contributed by atoms with Crippen molar-refractivity contribution in [2.45, 2.75) is 18.9 Å². The van der Waals surface area contributed by atoms with Crippen LogP contribution in [0.4, 0.5) is 10.1 Å². The molecule has 4 aromatic carbocycles. The number of hydrogen-bond donors (Lipinski definition) is 2. The van der Waals surface area contributed by atoms with Crippen molar-refractivity contribution in [3.05, 3.63) is 135 Å². The van der Waals surface area contributed by atoms with Gasteiger partial charge in [0.15, 0.2) is 5.43 Å². The highest BCUT2D eigenvalue weighted by atomic mass is 19.1. The monoisotopic (exact) mass is 571 g/mol. The molecular weight excluding hydrogens is 549 g/mol. The number of benzene rings is 4. The molecular formula is C34H22FN3O5. The summed E-state index contributed by atoms with van der Waals surface area (Å²) in [5, 5.41) is 22.0. The lowest BCUT2D eigenvalue weighted by molar-refractivity contribution is -0.121. The lowest BCUT2D eigenvalue weighted by Gasteiger charge is -2.35. The number of fused-ring (bicyclic) bond motifs is 5. The smallest absolute Gasteiger partial charge is 0.248 e. The zero-order chi connectivity index (χ0) is 30.0. The first-order valence-corrected chi connectivity index (χ1v) is 13.4. The van der Waals surface area contributed by atoms with Gasteiger partial charge in [0.2, 0.25) is 11.8 Å². The van der Waals surface area contributed by atoms with Gasteiger partial charge in [0, 0.05) is 23.4 Å². The summed E-state index contributed by atoms with van der Waals surface area (Å²) >= 11 is 0. The predicted molar refractivity (Wildman–Crippen MR) is 157 cm³/mol. The molecule has 0 saturated carbocycles. The van der Waals surface area contributed by atoms with Crippen LogP contribution in [0.3, 0.4) is 0 Å². The quantitative estimate of drug-likeness (QED) is 0.291. The van der Waals surface area contributed by atoms with Crippen LogP contribution >= 0.6 is 0 Å². The Balaban J connectivity index is 1.54. The van der Waals surface area contributed by atoms with Crippen molar-refractivity contribution in [3.8, 4) is 28.9 Å². The first-order valence-electron chi connectivity index (χ1n) is 13.4. The molecule has 0 radical (unpaired) electrons. The number of carbonyl (C=O) groups excluding carboxylic acids is 1. The molecule has 1 spiro atoms. The Morgan fingerprint density at radius 1 is 1.02 bits per heavy atom. The Bertz CT molecular complexity index is 2150. The number of halogens is 1. The normalized spacial score (nSPS) is 17.1. The van der Waals surface area contributed by atoms with Crippen molar-refractivity contribution < 1.29 is 23.4 Å². The number of carbonyl (C=O) groups is 1. The van der Waals surface area contributed by atoms with Gasteiger partial charge in [0.25, 0.3) is 0 Å². The number of nitrogens with zero attached hydrogens (tertiary/aromatic N) is 2. The molecule has 210 valence electrons. The van der Waals surface area contributed by atoms with Crippen molar-refractivity contribution in [1.82, 2.24) is 0 Å². The Kier molecular flexibility index (Phi) is 5.65. The van der Waals surface area contributed by atoms with Crippen molar-refractivity contribution >= 4 is 22.6 Å². The van der Waals surface area contributed by atoms with Gasteiger partial charge in [-0.15, -0.1) is 0 Å². The first-order chi connectivity index (χ1) is 20.7. The van der Waals surface area contributed by atoms with Gasteiger partial charge in [-0.1, -0.05) is 60.2 Å². The highest BCUT2D eigenvalue weighted by Crippen LogP contribution is 2.59. The summed E-state index contributed by atoms with van der Waals surface area (Å²) in [6, 6.07) is 25.0. The van der Waals surface area contributed by atoms with Crippen LogP contribution in [0.1, 0.15) is 22.3 Å². The summed E-state index contributed by atoms with van der Waals surface area (Å²) in [7, 11) is 0. The van der Waals surface area contributed by atoms with Crippen LogP contribution in [0.5, 0.6) is 11.5 Å². The maximum absolute atomic E-state index is 14.8. The average molecular weight is 572 g/mol. The van der Waals surface area contributed by atoms with E-state index >= 15 is 0 Å². The Morgan fingerprint density at radius 3 is 2.51 bits per heavy atom. The number of ether oxygens (including phenoxy) is 1. The van der Waals surface area contributed by atoms with Crippen LogP contribution in [-0.4, -0.2) is 11.0 Å². The number of phenols is 1. The molecule has 1 unspecified atom stereocenters. The molecule has 1 amide bonds. The number of aryl methyl sites for hydroxylation is 1. The Labute approximate surface area is 244 Å². The van der Waals surface area contributed by atoms with E-state index in [4.69, 9.17) is 14.9 Å². The highest BCUT2D eigenvalue weighted by molar-refractivity contribution is 6.15. The predicted octanol–water partition coefficient (Wildman–Crippen LogP) is 5.53. The third kappa shape index (κ3) is 3.60.